The lowest BCUT2D eigenvalue weighted by Gasteiger charge is -2.40. The number of amides is 1. The van der Waals surface area contributed by atoms with Gasteiger partial charge in [-0.05, 0) is 64.2 Å². The number of hydrogen-bond acceptors (Lipinski definition) is 3. The van der Waals surface area contributed by atoms with Crippen LogP contribution in [0.3, 0.4) is 0 Å². The summed E-state index contributed by atoms with van der Waals surface area (Å²) in [5.41, 5.74) is 0. The molecule has 0 aliphatic carbocycles. The fourth-order valence-electron chi connectivity index (χ4n) is 4.03. The first-order valence-corrected chi connectivity index (χ1v) is 8.55. The third-order valence-electron chi connectivity index (χ3n) is 5.35. The van der Waals surface area contributed by atoms with Gasteiger partial charge in [-0.3, -0.25) is 4.79 Å². The lowest BCUT2D eigenvalue weighted by molar-refractivity contribution is -0.133. The normalized spacial score (nSPS) is 29.8. The maximum atomic E-state index is 12.3. The van der Waals surface area contributed by atoms with Gasteiger partial charge in [-0.15, -0.1) is 0 Å². The number of carbonyl (C=O) groups excluding carboxylic acids is 1. The van der Waals surface area contributed by atoms with Gasteiger partial charge < -0.3 is 15.1 Å². The van der Waals surface area contributed by atoms with Crippen molar-refractivity contribution >= 4 is 5.91 Å². The predicted octanol–water partition coefficient (Wildman–Crippen LogP) is 1.46. The van der Waals surface area contributed by atoms with Crippen LogP contribution in [0.25, 0.3) is 0 Å². The van der Waals surface area contributed by atoms with Crippen LogP contribution in [-0.2, 0) is 4.79 Å². The summed E-state index contributed by atoms with van der Waals surface area (Å²) in [6.45, 7) is 6.67. The Hall–Kier alpha value is -0.610. The highest BCUT2D eigenvalue weighted by atomic mass is 16.2. The van der Waals surface area contributed by atoms with Gasteiger partial charge in [-0.1, -0.05) is 6.42 Å². The zero-order chi connectivity index (χ0) is 13.8. The molecule has 3 fully saturated rings. The molecule has 114 valence electrons. The second kappa shape index (κ2) is 6.90. The molecule has 0 spiro atoms. The van der Waals surface area contributed by atoms with Crippen LogP contribution in [0.2, 0.25) is 0 Å². The number of nitrogens with one attached hydrogen (secondary N) is 1. The maximum absolute atomic E-state index is 12.3. The Kier molecular flexibility index (Phi) is 4.94. The Labute approximate surface area is 122 Å². The van der Waals surface area contributed by atoms with Gasteiger partial charge in [0.05, 0.1) is 0 Å². The maximum Gasteiger partial charge on any atom is 0.222 e. The molecule has 1 atom stereocenters. The lowest BCUT2D eigenvalue weighted by Crippen LogP contribution is -2.48. The Bertz CT molecular complexity index is 314. The summed E-state index contributed by atoms with van der Waals surface area (Å²) in [6.07, 6.45) is 8.46. The molecule has 20 heavy (non-hydrogen) atoms. The predicted molar refractivity (Wildman–Crippen MR) is 80.6 cm³/mol. The highest BCUT2D eigenvalue weighted by Crippen LogP contribution is 2.22. The molecule has 0 bridgehead atoms. The van der Waals surface area contributed by atoms with E-state index < -0.39 is 0 Å². The lowest BCUT2D eigenvalue weighted by atomic mass is 9.98. The topological polar surface area (TPSA) is 35.6 Å². The van der Waals surface area contributed by atoms with Crippen LogP contribution in [0.5, 0.6) is 0 Å². The molecule has 0 aromatic rings. The molecular formula is C16H29N3O. The second-order valence-electron chi connectivity index (χ2n) is 6.77. The molecule has 4 nitrogen and oxygen atoms in total. The van der Waals surface area contributed by atoms with Gasteiger partial charge in [0.1, 0.15) is 0 Å². The van der Waals surface area contributed by atoms with Crippen molar-refractivity contribution in [2.45, 2.75) is 51.0 Å². The molecule has 0 aromatic carbocycles. The first-order valence-electron chi connectivity index (χ1n) is 8.55. The van der Waals surface area contributed by atoms with E-state index in [1.54, 1.807) is 0 Å². The van der Waals surface area contributed by atoms with Gasteiger partial charge >= 0.3 is 0 Å². The summed E-state index contributed by atoms with van der Waals surface area (Å²) in [4.78, 5) is 17.1. The summed E-state index contributed by atoms with van der Waals surface area (Å²) in [5, 5.41) is 3.35. The molecule has 3 aliphatic heterocycles. The third-order valence-corrected chi connectivity index (χ3v) is 5.35. The molecule has 1 unspecified atom stereocenters. The van der Waals surface area contributed by atoms with Crippen molar-refractivity contribution in [2.24, 2.45) is 5.92 Å². The van der Waals surface area contributed by atoms with Gasteiger partial charge in [0.25, 0.3) is 0 Å². The molecule has 3 saturated heterocycles. The first-order chi connectivity index (χ1) is 9.83. The van der Waals surface area contributed by atoms with E-state index in [1.165, 1.54) is 51.6 Å². The van der Waals surface area contributed by atoms with Crippen LogP contribution in [0, 0.1) is 5.92 Å². The molecule has 4 heteroatoms. The smallest absolute Gasteiger partial charge is 0.222 e. The first kappa shape index (κ1) is 14.3. The summed E-state index contributed by atoms with van der Waals surface area (Å²) < 4.78 is 0. The summed E-state index contributed by atoms with van der Waals surface area (Å²) in [6, 6.07) is 0.743. The van der Waals surface area contributed by atoms with Gasteiger partial charge in [-0.2, -0.15) is 0 Å². The number of carbonyl (C=O) groups is 1. The van der Waals surface area contributed by atoms with Gasteiger partial charge in [0, 0.05) is 25.6 Å². The Morgan fingerprint density at radius 2 is 1.75 bits per heavy atom. The van der Waals surface area contributed by atoms with Crippen LogP contribution >= 0.6 is 0 Å². The van der Waals surface area contributed by atoms with Crippen LogP contribution in [-0.4, -0.2) is 61.0 Å². The standard InChI is InChI=1S/C16H29N3O/c20-16(12-14-4-7-17-13-14)19-10-5-15(6-11-19)18-8-2-1-3-9-18/h14-15,17H,1-13H2. The molecule has 3 aliphatic rings. The van der Waals surface area contributed by atoms with Crippen molar-refractivity contribution in [1.29, 1.82) is 0 Å². The van der Waals surface area contributed by atoms with Gasteiger partial charge in [0.15, 0.2) is 0 Å². The molecular weight excluding hydrogens is 250 g/mol. The third kappa shape index (κ3) is 3.53. The number of nitrogens with zero attached hydrogens (tertiary/aromatic N) is 2. The fraction of sp³-hybridized carbons (Fsp3) is 0.938. The van der Waals surface area contributed by atoms with E-state index in [1.807, 2.05) is 0 Å². The van der Waals surface area contributed by atoms with Crippen molar-refractivity contribution in [3.8, 4) is 0 Å². The minimum Gasteiger partial charge on any atom is -0.343 e. The van der Waals surface area contributed by atoms with E-state index in [9.17, 15) is 4.79 Å². The molecule has 3 heterocycles. The largest absolute Gasteiger partial charge is 0.343 e. The molecule has 0 aromatic heterocycles. The Morgan fingerprint density at radius 1 is 1.00 bits per heavy atom. The van der Waals surface area contributed by atoms with E-state index in [-0.39, 0.29) is 0 Å². The SMILES string of the molecule is O=C(CC1CCNC1)N1CCC(N2CCCCC2)CC1. The zero-order valence-corrected chi connectivity index (χ0v) is 12.6. The molecule has 1 N–H and O–H groups in total. The zero-order valence-electron chi connectivity index (χ0n) is 12.6. The Balaban J connectivity index is 1.41. The summed E-state index contributed by atoms with van der Waals surface area (Å²) >= 11 is 0. The minimum absolute atomic E-state index is 0.399. The molecule has 0 radical (unpaired) electrons. The number of hydrogen-bond donors (Lipinski definition) is 1. The Morgan fingerprint density at radius 3 is 2.40 bits per heavy atom. The highest BCUT2D eigenvalue weighted by Gasteiger charge is 2.28. The quantitative estimate of drug-likeness (QED) is 0.849. The van der Waals surface area contributed by atoms with Crippen LogP contribution in [0.4, 0.5) is 0 Å². The molecule has 3 rings (SSSR count). The fourth-order valence-corrected chi connectivity index (χ4v) is 4.03. The van der Waals surface area contributed by atoms with Crippen molar-refractivity contribution < 1.29 is 4.79 Å². The second-order valence-corrected chi connectivity index (χ2v) is 6.77. The number of rotatable bonds is 3. The van der Waals surface area contributed by atoms with Crippen molar-refractivity contribution in [3.05, 3.63) is 0 Å². The monoisotopic (exact) mass is 279 g/mol. The van der Waals surface area contributed by atoms with Gasteiger partial charge in [0.2, 0.25) is 5.91 Å². The average Bonchev–Trinajstić information content (AvgIpc) is 3.01. The molecule has 1 amide bonds. The minimum atomic E-state index is 0.399. The van der Waals surface area contributed by atoms with Crippen LogP contribution < -0.4 is 5.32 Å². The van der Waals surface area contributed by atoms with E-state index >= 15 is 0 Å². The average molecular weight is 279 g/mol. The van der Waals surface area contributed by atoms with Crippen molar-refractivity contribution in [1.82, 2.24) is 15.1 Å². The van der Waals surface area contributed by atoms with Crippen LogP contribution in [0.15, 0.2) is 0 Å². The van der Waals surface area contributed by atoms with Gasteiger partial charge in [-0.25, -0.2) is 0 Å². The number of piperidine rings is 2. The van der Waals surface area contributed by atoms with Crippen molar-refractivity contribution in [2.75, 3.05) is 39.3 Å². The van der Waals surface area contributed by atoms with Crippen molar-refractivity contribution in [3.63, 3.8) is 0 Å². The van der Waals surface area contributed by atoms with E-state index in [2.05, 4.69) is 15.1 Å². The highest BCUT2D eigenvalue weighted by molar-refractivity contribution is 5.76. The van der Waals surface area contributed by atoms with E-state index in [4.69, 9.17) is 0 Å². The molecule has 0 saturated carbocycles. The van der Waals surface area contributed by atoms with E-state index in [0.29, 0.717) is 11.8 Å². The summed E-state index contributed by atoms with van der Waals surface area (Å²) in [5.74, 6) is 0.984. The number of likely N-dealkylation sites (tertiary alicyclic amines) is 2. The van der Waals surface area contributed by atoms with E-state index in [0.717, 1.165) is 38.6 Å². The van der Waals surface area contributed by atoms with Crippen LogP contribution in [0.1, 0.15) is 44.9 Å². The summed E-state index contributed by atoms with van der Waals surface area (Å²) in [7, 11) is 0.